The minimum Gasteiger partial charge on any atom is -0.497 e. The molecule has 140 valence electrons. The van der Waals surface area contributed by atoms with Crippen LogP contribution in [0, 0.1) is 0 Å². The van der Waals surface area contributed by atoms with Gasteiger partial charge >= 0.3 is 0 Å². The summed E-state index contributed by atoms with van der Waals surface area (Å²) in [5.41, 5.74) is 1.86. The number of carbonyl (C=O) groups excluding carboxylic acids is 1. The molecule has 0 unspecified atom stereocenters. The third kappa shape index (κ3) is 4.93. The van der Waals surface area contributed by atoms with Crippen molar-refractivity contribution in [3.8, 4) is 5.75 Å². The smallest absolute Gasteiger partial charge is 0.252 e. The van der Waals surface area contributed by atoms with Crippen LogP contribution in [0.5, 0.6) is 5.75 Å². The van der Waals surface area contributed by atoms with Gasteiger partial charge in [0, 0.05) is 19.2 Å². The van der Waals surface area contributed by atoms with Crippen molar-refractivity contribution in [3.05, 3.63) is 60.2 Å². The van der Waals surface area contributed by atoms with Crippen molar-refractivity contribution in [2.24, 2.45) is 0 Å². The molecule has 1 amide bonds. The fourth-order valence-corrected chi connectivity index (χ4v) is 3.58. The van der Waals surface area contributed by atoms with Gasteiger partial charge in [-0.2, -0.15) is 0 Å². The third-order valence-corrected chi connectivity index (χ3v) is 5.11. The van der Waals surface area contributed by atoms with E-state index in [1.807, 2.05) is 68.7 Å². The monoisotopic (exact) mass is 381 g/mol. The van der Waals surface area contributed by atoms with Gasteiger partial charge in [-0.1, -0.05) is 41.7 Å². The van der Waals surface area contributed by atoms with Crippen LogP contribution in [-0.2, 0) is 4.79 Å². The molecule has 1 heterocycles. The molecule has 0 aliphatic carbocycles. The number of fused-ring (bicyclic) bond motifs is 1. The van der Waals surface area contributed by atoms with Crippen LogP contribution in [0.4, 0.5) is 5.13 Å². The number of ether oxygens (including phenoxy) is 1. The molecular formula is C21H23N3O2S. The van der Waals surface area contributed by atoms with Crippen molar-refractivity contribution >= 4 is 38.7 Å². The number of nitrogens with zero attached hydrogens (tertiary/aromatic N) is 3. The van der Waals surface area contributed by atoms with Gasteiger partial charge < -0.3 is 9.64 Å². The molecule has 6 heteroatoms. The summed E-state index contributed by atoms with van der Waals surface area (Å²) in [5.74, 6) is 0.708. The van der Waals surface area contributed by atoms with Crippen molar-refractivity contribution in [1.82, 2.24) is 9.88 Å². The van der Waals surface area contributed by atoms with E-state index >= 15 is 0 Å². The Morgan fingerprint density at radius 1 is 1.15 bits per heavy atom. The maximum absolute atomic E-state index is 12.9. The summed E-state index contributed by atoms with van der Waals surface area (Å²) in [6, 6.07) is 15.6. The predicted octanol–water partition coefficient (Wildman–Crippen LogP) is 3.91. The Morgan fingerprint density at radius 2 is 1.93 bits per heavy atom. The number of benzene rings is 2. The number of carbonyl (C=O) groups is 1. The molecule has 2 aromatic carbocycles. The Balaban J connectivity index is 1.88. The molecule has 0 aliphatic rings. The molecule has 0 spiro atoms. The van der Waals surface area contributed by atoms with Gasteiger partial charge in [-0.15, -0.1) is 0 Å². The van der Waals surface area contributed by atoms with Crippen LogP contribution in [-0.4, -0.2) is 50.1 Å². The van der Waals surface area contributed by atoms with Gasteiger partial charge in [0.15, 0.2) is 5.13 Å². The number of methoxy groups -OCH3 is 1. The van der Waals surface area contributed by atoms with Crippen LogP contribution in [0.2, 0.25) is 0 Å². The third-order valence-electron chi connectivity index (χ3n) is 4.07. The van der Waals surface area contributed by atoms with E-state index in [9.17, 15) is 4.79 Å². The molecule has 1 aromatic heterocycles. The van der Waals surface area contributed by atoms with Gasteiger partial charge in [0.1, 0.15) is 5.75 Å². The van der Waals surface area contributed by atoms with Crippen LogP contribution < -0.4 is 9.64 Å². The van der Waals surface area contributed by atoms with Crippen molar-refractivity contribution in [1.29, 1.82) is 0 Å². The van der Waals surface area contributed by atoms with E-state index in [1.165, 1.54) is 11.3 Å². The Hall–Kier alpha value is -2.70. The van der Waals surface area contributed by atoms with Gasteiger partial charge in [-0.3, -0.25) is 9.69 Å². The van der Waals surface area contributed by atoms with E-state index in [4.69, 9.17) is 4.74 Å². The number of likely N-dealkylation sites (N-methyl/N-ethyl adjacent to an activating group) is 1. The second-order valence-electron chi connectivity index (χ2n) is 6.37. The summed E-state index contributed by atoms with van der Waals surface area (Å²) in [6.45, 7) is 1.33. The minimum atomic E-state index is -0.0771. The summed E-state index contributed by atoms with van der Waals surface area (Å²) >= 11 is 1.50. The van der Waals surface area contributed by atoms with Crippen LogP contribution >= 0.6 is 11.3 Å². The van der Waals surface area contributed by atoms with Gasteiger partial charge in [0.2, 0.25) is 0 Å². The van der Waals surface area contributed by atoms with Gasteiger partial charge in [0.05, 0.1) is 17.3 Å². The summed E-state index contributed by atoms with van der Waals surface area (Å²) in [6.07, 6.45) is 3.44. The average Bonchev–Trinajstić information content (AvgIpc) is 3.09. The molecular weight excluding hydrogens is 358 g/mol. The van der Waals surface area contributed by atoms with Crippen molar-refractivity contribution < 1.29 is 9.53 Å². The summed E-state index contributed by atoms with van der Waals surface area (Å²) in [5, 5.41) is 0.697. The fraction of sp³-hybridized carbons (Fsp3) is 0.238. The number of thiazole rings is 1. The lowest BCUT2D eigenvalue weighted by Gasteiger charge is -2.20. The number of hydrogen-bond acceptors (Lipinski definition) is 5. The quantitative estimate of drug-likeness (QED) is 0.582. The lowest BCUT2D eigenvalue weighted by Crippen LogP contribution is -2.35. The molecule has 3 aromatic rings. The molecule has 0 N–H and O–H groups in total. The maximum atomic E-state index is 12.9. The molecule has 0 aliphatic heterocycles. The van der Waals surface area contributed by atoms with Crippen LogP contribution in [0.1, 0.15) is 5.56 Å². The number of aromatic nitrogens is 1. The van der Waals surface area contributed by atoms with Crippen LogP contribution in [0.15, 0.2) is 54.6 Å². The van der Waals surface area contributed by atoms with E-state index in [0.29, 0.717) is 11.7 Å². The largest absolute Gasteiger partial charge is 0.497 e. The molecule has 0 radical (unpaired) electrons. The van der Waals surface area contributed by atoms with Crippen LogP contribution in [0.25, 0.3) is 16.3 Å². The summed E-state index contributed by atoms with van der Waals surface area (Å²) in [4.78, 5) is 21.3. The lowest BCUT2D eigenvalue weighted by atomic mass is 10.2. The van der Waals surface area contributed by atoms with Crippen molar-refractivity contribution in [2.45, 2.75) is 0 Å². The first-order valence-electron chi connectivity index (χ1n) is 8.71. The van der Waals surface area contributed by atoms with E-state index in [1.54, 1.807) is 18.1 Å². The topological polar surface area (TPSA) is 45.7 Å². The van der Waals surface area contributed by atoms with E-state index < -0.39 is 0 Å². The first-order chi connectivity index (χ1) is 13.1. The zero-order valence-corrected chi connectivity index (χ0v) is 16.6. The van der Waals surface area contributed by atoms with Gasteiger partial charge in [0.25, 0.3) is 5.91 Å². The summed E-state index contributed by atoms with van der Waals surface area (Å²) in [7, 11) is 5.63. The zero-order valence-electron chi connectivity index (χ0n) is 15.8. The molecule has 0 saturated heterocycles. The Labute approximate surface area is 163 Å². The van der Waals surface area contributed by atoms with E-state index in [2.05, 4.69) is 9.88 Å². The molecule has 0 bridgehead atoms. The number of rotatable bonds is 7. The predicted molar refractivity (Wildman–Crippen MR) is 113 cm³/mol. The zero-order chi connectivity index (χ0) is 19.2. The highest BCUT2D eigenvalue weighted by Crippen LogP contribution is 2.31. The first-order valence-corrected chi connectivity index (χ1v) is 9.52. The Bertz CT molecular complexity index is 935. The average molecular weight is 382 g/mol. The van der Waals surface area contributed by atoms with Gasteiger partial charge in [-0.05, 0) is 43.9 Å². The van der Waals surface area contributed by atoms with Crippen molar-refractivity contribution in [3.63, 3.8) is 0 Å². The molecule has 0 fully saturated rings. The Kier molecular flexibility index (Phi) is 6.21. The van der Waals surface area contributed by atoms with E-state index in [-0.39, 0.29) is 5.91 Å². The SMILES string of the molecule is COc1ccc2nc(N(CCN(C)C)C(=O)/C=C/c3ccccc3)sc2c1. The number of hydrogen-bond donors (Lipinski definition) is 0. The Morgan fingerprint density at radius 3 is 2.63 bits per heavy atom. The lowest BCUT2D eigenvalue weighted by molar-refractivity contribution is -0.114. The highest BCUT2D eigenvalue weighted by molar-refractivity contribution is 7.22. The minimum absolute atomic E-state index is 0.0771. The summed E-state index contributed by atoms with van der Waals surface area (Å²) < 4.78 is 6.29. The molecule has 27 heavy (non-hydrogen) atoms. The maximum Gasteiger partial charge on any atom is 0.252 e. The molecule has 0 atom stereocenters. The number of anilines is 1. The molecule has 3 rings (SSSR count). The fourth-order valence-electron chi connectivity index (χ4n) is 2.56. The van der Waals surface area contributed by atoms with Crippen LogP contribution in [0.3, 0.4) is 0 Å². The van der Waals surface area contributed by atoms with Gasteiger partial charge in [-0.25, -0.2) is 4.98 Å². The standard InChI is InChI=1S/C21H23N3O2S/c1-23(2)13-14-24(20(25)12-9-16-7-5-4-6-8-16)21-22-18-11-10-17(26-3)15-19(18)27-21/h4-12,15H,13-14H2,1-3H3/b12-9+. The molecule has 5 nitrogen and oxygen atoms in total. The van der Waals surface area contributed by atoms with E-state index in [0.717, 1.165) is 28.1 Å². The highest BCUT2D eigenvalue weighted by Gasteiger charge is 2.18. The second kappa shape index (κ2) is 8.79. The highest BCUT2D eigenvalue weighted by atomic mass is 32.1. The second-order valence-corrected chi connectivity index (χ2v) is 7.38. The molecule has 0 saturated carbocycles. The first kappa shape index (κ1) is 19.1. The van der Waals surface area contributed by atoms with Crippen molar-refractivity contribution in [2.75, 3.05) is 39.2 Å². The normalized spacial score (nSPS) is 11.4. The number of amides is 1.